The van der Waals surface area contributed by atoms with E-state index in [1.807, 2.05) is 0 Å². The summed E-state index contributed by atoms with van der Waals surface area (Å²) in [4.78, 5) is 15.7. The first kappa shape index (κ1) is 12.1. The van der Waals surface area contributed by atoms with Crippen molar-refractivity contribution in [3.63, 3.8) is 0 Å². The van der Waals surface area contributed by atoms with E-state index in [2.05, 4.69) is 15.4 Å². The van der Waals surface area contributed by atoms with Crippen LogP contribution in [0.5, 0.6) is 5.75 Å². The summed E-state index contributed by atoms with van der Waals surface area (Å²) < 4.78 is 1.57. The minimum absolute atomic E-state index is 0.128. The van der Waals surface area contributed by atoms with E-state index < -0.39 is 0 Å². The van der Waals surface area contributed by atoms with Crippen LogP contribution in [0.3, 0.4) is 0 Å². The first-order valence-corrected chi connectivity index (χ1v) is 5.53. The molecule has 0 bridgehead atoms. The molecule has 0 fully saturated rings. The van der Waals surface area contributed by atoms with E-state index in [0.29, 0.717) is 11.4 Å². The number of carbonyl (C=O) groups excluding carboxylic acids is 1. The first-order chi connectivity index (χ1) is 8.65. The Labute approximate surface area is 104 Å². The average Bonchev–Trinajstić information content (AvgIpc) is 2.76. The average molecular weight is 246 g/mol. The standard InChI is InChI=1S/C12H14N4O2/c1-16-8-14-11(15-16)7-13-12(18)6-9-4-2-3-5-10(9)17/h2-5,8,17H,6-7H2,1H3,(H,13,18). The van der Waals surface area contributed by atoms with Gasteiger partial charge in [-0.2, -0.15) is 5.10 Å². The SMILES string of the molecule is Cn1cnc(CNC(=O)Cc2ccccc2O)n1. The fourth-order valence-corrected chi connectivity index (χ4v) is 1.54. The third-order valence-corrected chi connectivity index (χ3v) is 2.43. The van der Waals surface area contributed by atoms with Gasteiger partial charge in [0.1, 0.15) is 12.1 Å². The van der Waals surface area contributed by atoms with Crippen molar-refractivity contribution in [1.29, 1.82) is 0 Å². The Morgan fingerprint density at radius 2 is 2.22 bits per heavy atom. The fourth-order valence-electron chi connectivity index (χ4n) is 1.54. The number of rotatable bonds is 4. The Hall–Kier alpha value is -2.37. The lowest BCUT2D eigenvalue weighted by molar-refractivity contribution is -0.120. The Bertz CT molecular complexity index is 551. The highest BCUT2D eigenvalue weighted by Gasteiger charge is 2.07. The minimum atomic E-state index is -0.177. The summed E-state index contributed by atoms with van der Waals surface area (Å²) in [5.41, 5.74) is 0.601. The number of nitrogens with zero attached hydrogens (tertiary/aromatic N) is 3. The maximum absolute atomic E-state index is 11.7. The van der Waals surface area contributed by atoms with Crippen molar-refractivity contribution in [1.82, 2.24) is 20.1 Å². The number of aromatic hydroxyl groups is 1. The molecule has 2 N–H and O–H groups in total. The van der Waals surface area contributed by atoms with Crippen molar-refractivity contribution < 1.29 is 9.90 Å². The van der Waals surface area contributed by atoms with Crippen LogP contribution in [0.25, 0.3) is 0 Å². The van der Waals surface area contributed by atoms with E-state index in [0.717, 1.165) is 0 Å². The molecule has 0 radical (unpaired) electrons. The van der Waals surface area contributed by atoms with Crippen LogP contribution in [0.15, 0.2) is 30.6 Å². The predicted octanol–water partition coefficient (Wildman–Crippen LogP) is 0.380. The van der Waals surface area contributed by atoms with E-state index in [4.69, 9.17) is 0 Å². The Balaban J connectivity index is 1.88. The van der Waals surface area contributed by atoms with Gasteiger partial charge in [-0.3, -0.25) is 9.48 Å². The molecular formula is C12H14N4O2. The lowest BCUT2D eigenvalue weighted by Gasteiger charge is -2.04. The zero-order valence-corrected chi connectivity index (χ0v) is 10.00. The van der Waals surface area contributed by atoms with Crippen LogP contribution in [0, 0.1) is 0 Å². The number of aromatic nitrogens is 3. The molecule has 94 valence electrons. The number of carbonyl (C=O) groups is 1. The van der Waals surface area contributed by atoms with Crippen LogP contribution in [-0.2, 0) is 24.8 Å². The van der Waals surface area contributed by atoms with Crippen LogP contribution >= 0.6 is 0 Å². The van der Waals surface area contributed by atoms with Gasteiger partial charge < -0.3 is 10.4 Å². The van der Waals surface area contributed by atoms with Crippen LogP contribution in [-0.4, -0.2) is 25.8 Å². The summed E-state index contributed by atoms with van der Waals surface area (Å²) in [5, 5.41) is 16.3. The number of phenolic OH excluding ortho intramolecular Hbond substituents is 1. The molecule has 1 aromatic carbocycles. The molecule has 2 aromatic rings. The minimum Gasteiger partial charge on any atom is -0.508 e. The smallest absolute Gasteiger partial charge is 0.224 e. The Morgan fingerprint density at radius 3 is 2.89 bits per heavy atom. The number of aryl methyl sites for hydroxylation is 1. The Morgan fingerprint density at radius 1 is 1.44 bits per heavy atom. The van der Waals surface area contributed by atoms with Gasteiger partial charge in [0.2, 0.25) is 5.91 Å². The molecule has 0 saturated carbocycles. The van der Waals surface area contributed by atoms with E-state index in [9.17, 15) is 9.90 Å². The maximum atomic E-state index is 11.7. The van der Waals surface area contributed by atoms with Gasteiger partial charge in [-0.15, -0.1) is 0 Å². The van der Waals surface area contributed by atoms with Gasteiger partial charge in [-0.1, -0.05) is 18.2 Å². The molecule has 0 saturated heterocycles. The number of phenols is 1. The summed E-state index contributed by atoms with van der Waals surface area (Å²) in [6, 6.07) is 6.77. The van der Waals surface area contributed by atoms with E-state index >= 15 is 0 Å². The zero-order chi connectivity index (χ0) is 13.0. The molecule has 1 amide bonds. The van der Waals surface area contributed by atoms with E-state index in [1.54, 1.807) is 42.3 Å². The number of hydrogen-bond donors (Lipinski definition) is 2. The number of nitrogens with one attached hydrogen (secondary N) is 1. The summed E-state index contributed by atoms with van der Waals surface area (Å²) in [6.07, 6.45) is 1.71. The van der Waals surface area contributed by atoms with Crippen molar-refractivity contribution in [3.05, 3.63) is 42.0 Å². The number of benzene rings is 1. The van der Waals surface area contributed by atoms with Crippen LogP contribution in [0.2, 0.25) is 0 Å². The topological polar surface area (TPSA) is 80.0 Å². The van der Waals surface area contributed by atoms with Gasteiger partial charge >= 0.3 is 0 Å². The molecule has 0 unspecified atom stereocenters. The highest BCUT2D eigenvalue weighted by molar-refractivity contribution is 5.79. The molecule has 0 atom stereocenters. The molecule has 0 aliphatic carbocycles. The molecule has 18 heavy (non-hydrogen) atoms. The normalized spacial score (nSPS) is 10.3. The van der Waals surface area contributed by atoms with Gasteiger partial charge in [0.15, 0.2) is 5.82 Å². The maximum Gasteiger partial charge on any atom is 0.224 e. The summed E-state index contributed by atoms with van der Waals surface area (Å²) in [5.74, 6) is 0.510. The van der Waals surface area contributed by atoms with Gasteiger partial charge in [0, 0.05) is 12.6 Å². The van der Waals surface area contributed by atoms with Crippen molar-refractivity contribution in [2.75, 3.05) is 0 Å². The third kappa shape index (κ3) is 3.07. The Kier molecular flexibility index (Phi) is 3.57. The highest BCUT2D eigenvalue weighted by Crippen LogP contribution is 2.15. The summed E-state index contributed by atoms with van der Waals surface area (Å²) in [6.45, 7) is 0.285. The summed E-state index contributed by atoms with van der Waals surface area (Å²) >= 11 is 0. The summed E-state index contributed by atoms with van der Waals surface area (Å²) in [7, 11) is 1.76. The zero-order valence-electron chi connectivity index (χ0n) is 10.00. The van der Waals surface area contributed by atoms with E-state index in [-0.39, 0.29) is 24.6 Å². The molecule has 0 spiro atoms. The third-order valence-electron chi connectivity index (χ3n) is 2.43. The second-order valence-electron chi connectivity index (χ2n) is 3.92. The van der Waals surface area contributed by atoms with Gasteiger partial charge in [0.25, 0.3) is 0 Å². The molecule has 6 nitrogen and oxygen atoms in total. The predicted molar refractivity (Wildman–Crippen MR) is 64.7 cm³/mol. The highest BCUT2D eigenvalue weighted by atomic mass is 16.3. The largest absolute Gasteiger partial charge is 0.508 e. The quantitative estimate of drug-likeness (QED) is 0.817. The van der Waals surface area contributed by atoms with E-state index in [1.165, 1.54) is 0 Å². The van der Waals surface area contributed by atoms with Gasteiger partial charge in [-0.05, 0) is 6.07 Å². The first-order valence-electron chi connectivity index (χ1n) is 5.53. The lowest BCUT2D eigenvalue weighted by Crippen LogP contribution is -2.25. The molecule has 1 aromatic heterocycles. The molecule has 1 heterocycles. The number of amides is 1. The number of hydrogen-bond acceptors (Lipinski definition) is 4. The van der Waals surface area contributed by atoms with Crippen molar-refractivity contribution in [2.45, 2.75) is 13.0 Å². The molecule has 0 aliphatic heterocycles. The van der Waals surface area contributed by atoms with Crippen molar-refractivity contribution >= 4 is 5.91 Å². The monoisotopic (exact) mass is 246 g/mol. The lowest BCUT2D eigenvalue weighted by atomic mass is 10.1. The van der Waals surface area contributed by atoms with Crippen LogP contribution < -0.4 is 5.32 Å². The molecular weight excluding hydrogens is 232 g/mol. The van der Waals surface area contributed by atoms with Crippen molar-refractivity contribution in [2.24, 2.45) is 7.05 Å². The molecule has 0 aliphatic rings. The van der Waals surface area contributed by atoms with Gasteiger partial charge in [0.05, 0.1) is 13.0 Å². The fraction of sp³-hybridized carbons (Fsp3) is 0.250. The van der Waals surface area contributed by atoms with Gasteiger partial charge in [-0.25, -0.2) is 4.98 Å². The van der Waals surface area contributed by atoms with Crippen LogP contribution in [0.1, 0.15) is 11.4 Å². The molecule has 2 rings (SSSR count). The second-order valence-corrected chi connectivity index (χ2v) is 3.92. The second kappa shape index (κ2) is 5.31. The number of para-hydroxylation sites is 1. The van der Waals surface area contributed by atoms with Crippen LogP contribution in [0.4, 0.5) is 0 Å². The van der Waals surface area contributed by atoms with Crippen molar-refractivity contribution in [3.8, 4) is 5.75 Å². The molecule has 6 heteroatoms.